The third-order valence-corrected chi connectivity index (χ3v) is 4.26. The van der Waals surface area contributed by atoms with E-state index in [-0.39, 0.29) is 24.0 Å². The zero-order chi connectivity index (χ0) is 20.5. The molecule has 0 bridgehead atoms. The molecule has 8 nitrogen and oxygen atoms in total. The van der Waals surface area contributed by atoms with Gasteiger partial charge >= 0.3 is 0 Å². The van der Waals surface area contributed by atoms with Crippen LogP contribution in [0.3, 0.4) is 0 Å². The predicted octanol–water partition coefficient (Wildman–Crippen LogP) is 3.23. The lowest BCUT2D eigenvalue weighted by molar-refractivity contribution is 0.322. The number of hydrogen-bond acceptors (Lipinski definition) is 6. The molecule has 0 aliphatic rings. The SMILES string of the molecule is CCNC(=NCc1nc(C)c(C)o1)NCCc1ccc(OC)c(OC)c1OC.I. The maximum Gasteiger partial charge on any atom is 0.216 e. The second-order valence-corrected chi connectivity index (χ2v) is 6.11. The van der Waals surface area contributed by atoms with Crippen LogP contribution >= 0.6 is 24.0 Å². The molecule has 29 heavy (non-hydrogen) atoms. The minimum Gasteiger partial charge on any atom is -0.493 e. The number of methoxy groups -OCH3 is 3. The van der Waals surface area contributed by atoms with Crippen molar-refractivity contribution >= 4 is 29.9 Å². The van der Waals surface area contributed by atoms with E-state index in [1.807, 2.05) is 32.9 Å². The summed E-state index contributed by atoms with van der Waals surface area (Å²) in [6.07, 6.45) is 0.727. The van der Waals surface area contributed by atoms with Crippen LogP contribution in [0, 0.1) is 13.8 Å². The van der Waals surface area contributed by atoms with Crippen LogP contribution < -0.4 is 24.8 Å². The fraction of sp³-hybridized carbons (Fsp3) is 0.500. The highest BCUT2D eigenvalue weighted by Gasteiger charge is 2.15. The van der Waals surface area contributed by atoms with Gasteiger partial charge in [0.1, 0.15) is 12.3 Å². The Bertz CT molecular complexity index is 789. The van der Waals surface area contributed by atoms with E-state index in [4.69, 9.17) is 18.6 Å². The molecule has 2 N–H and O–H groups in total. The fourth-order valence-corrected chi connectivity index (χ4v) is 2.77. The lowest BCUT2D eigenvalue weighted by Crippen LogP contribution is -2.38. The number of aromatic nitrogens is 1. The van der Waals surface area contributed by atoms with Crippen molar-refractivity contribution in [1.29, 1.82) is 0 Å². The number of benzene rings is 1. The smallest absolute Gasteiger partial charge is 0.216 e. The number of rotatable bonds is 9. The van der Waals surface area contributed by atoms with Crippen molar-refractivity contribution in [3.8, 4) is 17.2 Å². The van der Waals surface area contributed by atoms with Crippen molar-refractivity contribution in [2.45, 2.75) is 33.7 Å². The third-order valence-electron chi connectivity index (χ3n) is 4.26. The normalized spacial score (nSPS) is 10.9. The molecule has 0 saturated heterocycles. The molecule has 0 aliphatic heterocycles. The first kappa shape index (κ1) is 24.9. The topological polar surface area (TPSA) is 90.1 Å². The Kier molecular flexibility index (Phi) is 10.6. The molecule has 0 atom stereocenters. The van der Waals surface area contributed by atoms with Gasteiger partial charge in [0, 0.05) is 18.7 Å². The average molecular weight is 518 g/mol. The number of nitrogens with one attached hydrogen (secondary N) is 2. The summed E-state index contributed by atoms with van der Waals surface area (Å²) in [6.45, 7) is 7.65. The summed E-state index contributed by atoms with van der Waals surface area (Å²) in [4.78, 5) is 8.89. The van der Waals surface area contributed by atoms with E-state index < -0.39 is 0 Å². The quantitative estimate of drug-likeness (QED) is 0.299. The van der Waals surface area contributed by atoms with Gasteiger partial charge in [-0.2, -0.15) is 0 Å². The van der Waals surface area contributed by atoms with E-state index >= 15 is 0 Å². The molecule has 0 saturated carbocycles. The van der Waals surface area contributed by atoms with Crippen LogP contribution in [-0.4, -0.2) is 45.4 Å². The first-order valence-electron chi connectivity index (χ1n) is 9.26. The van der Waals surface area contributed by atoms with Crippen LogP contribution in [0.25, 0.3) is 0 Å². The second-order valence-electron chi connectivity index (χ2n) is 6.11. The van der Waals surface area contributed by atoms with Gasteiger partial charge in [-0.25, -0.2) is 9.98 Å². The molecule has 1 heterocycles. The number of oxazole rings is 1. The highest BCUT2D eigenvalue weighted by atomic mass is 127. The second kappa shape index (κ2) is 12.4. The van der Waals surface area contributed by atoms with Gasteiger partial charge in [0.15, 0.2) is 17.5 Å². The Balaban J connectivity index is 0.00000420. The van der Waals surface area contributed by atoms with Gasteiger partial charge in [0.25, 0.3) is 0 Å². The minimum atomic E-state index is 0. The van der Waals surface area contributed by atoms with E-state index in [1.54, 1.807) is 21.3 Å². The molecule has 0 amide bonds. The van der Waals surface area contributed by atoms with Crippen LogP contribution in [-0.2, 0) is 13.0 Å². The lowest BCUT2D eigenvalue weighted by Gasteiger charge is -2.16. The summed E-state index contributed by atoms with van der Waals surface area (Å²) in [5.41, 5.74) is 1.91. The monoisotopic (exact) mass is 518 g/mol. The molecule has 0 fully saturated rings. The maximum atomic E-state index is 5.58. The first-order chi connectivity index (χ1) is 13.5. The van der Waals surface area contributed by atoms with Crippen molar-refractivity contribution < 1.29 is 18.6 Å². The highest BCUT2D eigenvalue weighted by Crippen LogP contribution is 2.39. The van der Waals surface area contributed by atoms with Crippen molar-refractivity contribution in [3.63, 3.8) is 0 Å². The summed E-state index contributed by atoms with van der Waals surface area (Å²) in [6, 6.07) is 3.85. The van der Waals surface area contributed by atoms with Crippen LogP contribution in [0.5, 0.6) is 17.2 Å². The van der Waals surface area contributed by atoms with E-state index in [0.29, 0.717) is 42.2 Å². The molecular weight excluding hydrogens is 487 g/mol. The van der Waals surface area contributed by atoms with Gasteiger partial charge in [-0.3, -0.25) is 0 Å². The van der Waals surface area contributed by atoms with Crippen LogP contribution in [0.15, 0.2) is 21.5 Å². The fourth-order valence-electron chi connectivity index (χ4n) is 2.77. The molecule has 2 aromatic rings. The highest BCUT2D eigenvalue weighted by molar-refractivity contribution is 14.0. The third kappa shape index (κ3) is 6.69. The van der Waals surface area contributed by atoms with Gasteiger partial charge in [-0.1, -0.05) is 6.07 Å². The van der Waals surface area contributed by atoms with Crippen molar-refractivity contribution in [2.24, 2.45) is 4.99 Å². The lowest BCUT2D eigenvalue weighted by atomic mass is 10.1. The summed E-state index contributed by atoms with van der Waals surface area (Å²) in [5, 5.41) is 6.54. The minimum absolute atomic E-state index is 0. The molecule has 1 aromatic heterocycles. The maximum absolute atomic E-state index is 5.58. The van der Waals surface area contributed by atoms with Crippen molar-refractivity contribution in [2.75, 3.05) is 34.4 Å². The van der Waals surface area contributed by atoms with E-state index in [2.05, 4.69) is 20.6 Å². The van der Waals surface area contributed by atoms with E-state index in [9.17, 15) is 0 Å². The summed E-state index contributed by atoms with van der Waals surface area (Å²) >= 11 is 0. The van der Waals surface area contributed by atoms with E-state index in [1.165, 1.54) is 0 Å². The van der Waals surface area contributed by atoms with Crippen LogP contribution in [0.4, 0.5) is 0 Å². The largest absolute Gasteiger partial charge is 0.493 e. The summed E-state index contributed by atoms with van der Waals surface area (Å²) in [5.74, 6) is 4.05. The van der Waals surface area contributed by atoms with Gasteiger partial charge in [0.2, 0.25) is 11.6 Å². The molecule has 0 radical (unpaired) electrons. The Labute approximate surface area is 189 Å². The molecular formula is C20H31IN4O4. The molecule has 1 aromatic carbocycles. The Morgan fingerprint density at radius 2 is 1.79 bits per heavy atom. The molecule has 0 aliphatic carbocycles. The molecule has 2 rings (SSSR count). The van der Waals surface area contributed by atoms with E-state index in [0.717, 1.165) is 30.0 Å². The number of nitrogens with zero attached hydrogens (tertiary/aromatic N) is 2. The zero-order valence-electron chi connectivity index (χ0n) is 17.9. The van der Waals surface area contributed by atoms with Gasteiger partial charge in [-0.05, 0) is 33.3 Å². The van der Waals surface area contributed by atoms with Gasteiger partial charge < -0.3 is 29.3 Å². The Morgan fingerprint density at radius 3 is 2.34 bits per heavy atom. The molecule has 9 heteroatoms. The van der Waals surface area contributed by atoms with Crippen LogP contribution in [0.1, 0.15) is 29.8 Å². The number of aryl methyl sites for hydroxylation is 2. The van der Waals surface area contributed by atoms with Gasteiger partial charge in [0.05, 0.1) is 27.0 Å². The molecule has 0 spiro atoms. The number of aliphatic imine (C=N–C) groups is 1. The summed E-state index contributed by atoms with van der Waals surface area (Å²) in [7, 11) is 4.83. The molecule has 0 unspecified atom stereocenters. The zero-order valence-corrected chi connectivity index (χ0v) is 20.2. The predicted molar refractivity (Wildman–Crippen MR) is 124 cm³/mol. The molecule has 162 valence electrons. The first-order valence-corrected chi connectivity index (χ1v) is 9.26. The number of halogens is 1. The summed E-state index contributed by atoms with van der Waals surface area (Å²) < 4.78 is 21.9. The Hall–Kier alpha value is -2.17. The van der Waals surface area contributed by atoms with Gasteiger partial charge in [-0.15, -0.1) is 24.0 Å². The van der Waals surface area contributed by atoms with Crippen LogP contribution in [0.2, 0.25) is 0 Å². The number of guanidine groups is 1. The average Bonchev–Trinajstić information content (AvgIpc) is 3.02. The standard InChI is InChI=1S/C20H30N4O4.HI/c1-7-21-20(23-12-17-24-13(2)14(3)28-17)22-11-10-15-8-9-16(25-4)19(27-6)18(15)26-5;/h8-9H,7,10-12H2,1-6H3,(H2,21,22,23);1H. The van der Waals surface area contributed by atoms with Crippen molar-refractivity contribution in [3.05, 3.63) is 35.0 Å². The number of hydrogen-bond donors (Lipinski definition) is 2. The Morgan fingerprint density at radius 1 is 1.07 bits per heavy atom. The number of ether oxygens (including phenoxy) is 3. The van der Waals surface area contributed by atoms with Crippen molar-refractivity contribution in [1.82, 2.24) is 15.6 Å².